The highest BCUT2D eigenvalue weighted by Gasteiger charge is 2.42. The molecule has 1 aromatic rings. The van der Waals surface area contributed by atoms with Gasteiger partial charge in [-0.3, -0.25) is 14.3 Å². The van der Waals surface area contributed by atoms with Crippen LogP contribution in [0.15, 0.2) is 0 Å². The SMILES string of the molecule is Cn1nc(C(=O)NC2CC2)c2c1CC1(CCN(C(=O)CCC3CCCCC3)CC1)OC2. The van der Waals surface area contributed by atoms with E-state index in [1.54, 1.807) is 0 Å². The fourth-order valence-corrected chi connectivity index (χ4v) is 5.67. The molecule has 2 saturated carbocycles. The average molecular weight is 429 g/mol. The number of aromatic nitrogens is 2. The van der Waals surface area contributed by atoms with Gasteiger partial charge in [0.05, 0.1) is 12.2 Å². The van der Waals surface area contributed by atoms with Gasteiger partial charge in [0.1, 0.15) is 0 Å². The lowest BCUT2D eigenvalue weighted by atomic mass is 9.83. The first-order chi connectivity index (χ1) is 15.0. The standard InChI is InChI=1S/C24H36N4O3/c1-27-20-15-24(31-16-19(20)22(26-27)23(30)25-18-8-9-18)11-13-28(14-12-24)21(29)10-7-17-5-3-2-4-6-17/h17-18H,2-16H2,1H3,(H,25,30). The van der Waals surface area contributed by atoms with Gasteiger partial charge in [-0.15, -0.1) is 0 Å². The first kappa shape index (κ1) is 21.0. The minimum Gasteiger partial charge on any atom is -0.370 e. The van der Waals surface area contributed by atoms with E-state index in [9.17, 15) is 9.59 Å². The lowest BCUT2D eigenvalue weighted by Crippen LogP contribution is -2.50. The molecule has 0 radical (unpaired) electrons. The summed E-state index contributed by atoms with van der Waals surface area (Å²) in [5.41, 5.74) is 2.35. The smallest absolute Gasteiger partial charge is 0.272 e. The Morgan fingerprint density at radius 3 is 2.58 bits per heavy atom. The van der Waals surface area contributed by atoms with E-state index < -0.39 is 0 Å². The molecule has 2 aliphatic heterocycles. The van der Waals surface area contributed by atoms with Gasteiger partial charge in [0.2, 0.25) is 5.91 Å². The van der Waals surface area contributed by atoms with E-state index in [1.807, 2.05) is 16.6 Å². The average Bonchev–Trinajstić information content (AvgIpc) is 3.55. The first-order valence-electron chi connectivity index (χ1n) is 12.3. The van der Waals surface area contributed by atoms with Crippen LogP contribution in [0.3, 0.4) is 0 Å². The predicted octanol–water partition coefficient (Wildman–Crippen LogP) is 3.11. The Balaban J connectivity index is 1.16. The van der Waals surface area contributed by atoms with Crippen molar-refractivity contribution >= 4 is 11.8 Å². The summed E-state index contributed by atoms with van der Waals surface area (Å²) in [6.45, 7) is 1.98. The fraction of sp³-hybridized carbons (Fsp3) is 0.792. The molecule has 1 saturated heterocycles. The van der Waals surface area contributed by atoms with Crippen LogP contribution >= 0.6 is 0 Å². The molecule has 2 aliphatic carbocycles. The molecule has 3 heterocycles. The van der Waals surface area contributed by atoms with Gasteiger partial charge in [0.15, 0.2) is 5.69 Å². The fourth-order valence-electron chi connectivity index (χ4n) is 5.67. The summed E-state index contributed by atoms with van der Waals surface area (Å²) in [5, 5.41) is 7.57. The van der Waals surface area contributed by atoms with Crippen molar-refractivity contribution in [3.63, 3.8) is 0 Å². The minimum absolute atomic E-state index is 0.0720. The molecule has 0 unspecified atom stereocenters. The van der Waals surface area contributed by atoms with Gasteiger partial charge in [-0.05, 0) is 38.0 Å². The number of ether oxygens (including phenoxy) is 1. The van der Waals surface area contributed by atoms with Gasteiger partial charge in [-0.25, -0.2) is 0 Å². The van der Waals surface area contributed by atoms with E-state index in [2.05, 4.69) is 10.4 Å². The lowest BCUT2D eigenvalue weighted by molar-refractivity contribution is -0.141. The van der Waals surface area contributed by atoms with Crippen LogP contribution in [0.4, 0.5) is 0 Å². The minimum atomic E-state index is -0.231. The monoisotopic (exact) mass is 428 g/mol. The van der Waals surface area contributed by atoms with Crippen molar-refractivity contribution in [1.82, 2.24) is 20.0 Å². The number of hydrogen-bond acceptors (Lipinski definition) is 4. The number of piperidine rings is 1. The summed E-state index contributed by atoms with van der Waals surface area (Å²) in [5.74, 6) is 0.999. The van der Waals surface area contributed by atoms with Crippen molar-refractivity contribution < 1.29 is 14.3 Å². The van der Waals surface area contributed by atoms with E-state index in [0.717, 1.165) is 68.8 Å². The second kappa shape index (κ2) is 8.57. The van der Waals surface area contributed by atoms with Gasteiger partial charge < -0.3 is 15.0 Å². The maximum Gasteiger partial charge on any atom is 0.272 e. The van der Waals surface area contributed by atoms with Crippen LogP contribution in [0.1, 0.15) is 92.4 Å². The third kappa shape index (κ3) is 4.52. The number of rotatable bonds is 5. The second-order valence-electron chi connectivity index (χ2n) is 10.2. The highest BCUT2D eigenvalue weighted by molar-refractivity contribution is 5.94. The highest BCUT2D eigenvalue weighted by atomic mass is 16.5. The summed E-state index contributed by atoms with van der Waals surface area (Å²) < 4.78 is 8.23. The zero-order valence-electron chi connectivity index (χ0n) is 18.8. The zero-order valence-corrected chi connectivity index (χ0v) is 18.8. The number of likely N-dealkylation sites (tertiary alicyclic amines) is 1. The number of fused-ring (bicyclic) bond motifs is 1. The van der Waals surface area contributed by atoms with Crippen molar-refractivity contribution in [2.24, 2.45) is 13.0 Å². The number of carbonyl (C=O) groups is 2. The molecule has 1 N–H and O–H groups in total. The number of carbonyl (C=O) groups excluding carboxylic acids is 2. The van der Waals surface area contributed by atoms with Crippen LogP contribution in [0.25, 0.3) is 0 Å². The Labute approximate surface area is 184 Å². The lowest BCUT2D eigenvalue weighted by Gasteiger charge is -2.44. The van der Waals surface area contributed by atoms with Crippen molar-refractivity contribution in [2.75, 3.05) is 13.1 Å². The zero-order chi connectivity index (χ0) is 21.4. The topological polar surface area (TPSA) is 76.5 Å². The van der Waals surface area contributed by atoms with Gasteiger partial charge >= 0.3 is 0 Å². The van der Waals surface area contributed by atoms with Gasteiger partial charge in [-0.1, -0.05) is 32.1 Å². The molecule has 0 atom stereocenters. The maximum atomic E-state index is 12.8. The number of aryl methyl sites for hydroxylation is 1. The van der Waals surface area contributed by atoms with Crippen LogP contribution in [0, 0.1) is 5.92 Å². The first-order valence-corrected chi connectivity index (χ1v) is 12.3. The summed E-state index contributed by atoms with van der Waals surface area (Å²) >= 11 is 0. The Morgan fingerprint density at radius 1 is 1.13 bits per heavy atom. The Kier molecular flexibility index (Phi) is 5.80. The van der Waals surface area contributed by atoms with Crippen LogP contribution < -0.4 is 5.32 Å². The molecule has 170 valence electrons. The highest BCUT2D eigenvalue weighted by Crippen LogP contribution is 2.37. The van der Waals surface area contributed by atoms with E-state index in [-0.39, 0.29) is 11.5 Å². The molecule has 0 aromatic carbocycles. The Bertz CT molecular complexity index is 830. The molecule has 5 rings (SSSR count). The van der Waals surface area contributed by atoms with E-state index in [4.69, 9.17) is 4.74 Å². The van der Waals surface area contributed by atoms with E-state index >= 15 is 0 Å². The molecule has 1 aromatic heterocycles. The third-order valence-electron chi connectivity index (χ3n) is 7.93. The van der Waals surface area contributed by atoms with Crippen LogP contribution in [0.5, 0.6) is 0 Å². The van der Waals surface area contributed by atoms with Gasteiger partial charge in [0, 0.05) is 50.3 Å². The predicted molar refractivity (Wildman–Crippen MR) is 117 cm³/mol. The van der Waals surface area contributed by atoms with E-state index in [1.165, 1.54) is 32.1 Å². The summed E-state index contributed by atoms with van der Waals surface area (Å²) in [6, 6.07) is 0.320. The third-order valence-corrected chi connectivity index (χ3v) is 7.93. The molecule has 2 amide bonds. The quantitative estimate of drug-likeness (QED) is 0.782. The maximum absolute atomic E-state index is 12.8. The van der Waals surface area contributed by atoms with Crippen LogP contribution in [-0.4, -0.2) is 51.2 Å². The van der Waals surface area contributed by atoms with E-state index in [0.29, 0.717) is 30.7 Å². The van der Waals surface area contributed by atoms with Gasteiger partial charge in [-0.2, -0.15) is 5.10 Å². The van der Waals surface area contributed by atoms with Crippen molar-refractivity contribution in [1.29, 1.82) is 0 Å². The molecular weight excluding hydrogens is 392 g/mol. The molecule has 3 fully saturated rings. The molecule has 7 nitrogen and oxygen atoms in total. The largest absolute Gasteiger partial charge is 0.370 e. The summed E-state index contributed by atoms with van der Waals surface area (Å²) in [6.07, 6.45) is 13.0. The molecule has 7 heteroatoms. The molecular formula is C24H36N4O3. The number of amides is 2. The molecule has 31 heavy (non-hydrogen) atoms. The van der Waals surface area contributed by atoms with Crippen LogP contribution in [0.2, 0.25) is 0 Å². The second-order valence-corrected chi connectivity index (χ2v) is 10.2. The normalized spacial score (nSPS) is 23.6. The van der Waals surface area contributed by atoms with Gasteiger partial charge in [0.25, 0.3) is 5.91 Å². The summed E-state index contributed by atoms with van der Waals surface area (Å²) in [7, 11) is 1.93. The van der Waals surface area contributed by atoms with Crippen molar-refractivity contribution in [2.45, 2.75) is 95.3 Å². The van der Waals surface area contributed by atoms with Crippen LogP contribution in [-0.2, 0) is 29.6 Å². The summed E-state index contributed by atoms with van der Waals surface area (Å²) in [4.78, 5) is 27.4. The Hall–Kier alpha value is -1.89. The molecule has 4 aliphatic rings. The molecule has 0 bridgehead atoms. The Morgan fingerprint density at radius 2 is 1.87 bits per heavy atom. The number of nitrogens with zero attached hydrogens (tertiary/aromatic N) is 3. The number of nitrogens with one attached hydrogen (secondary N) is 1. The molecule has 1 spiro atoms. The van der Waals surface area contributed by atoms with Crippen molar-refractivity contribution in [3.05, 3.63) is 17.0 Å². The number of hydrogen-bond donors (Lipinski definition) is 1. The van der Waals surface area contributed by atoms with Crippen molar-refractivity contribution in [3.8, 4) is 0 Å².